The van der Waals surface area contributed by atoms with E-state index in [-0.39, 0.29) is 28.3 Å². The zero-order valence-corrected chi connectivity index (χ0v) is 26.5. The molecule has 3 aromatic carbocycles. The van der Waals surface area contributed by atoms with Gasteiger partial charge in [0.2, 0.25) is 0 Å². The number of aromatic hydroxyl groups is 1. The van der Waals surface area contributed by atoms with Crippen LogP contribution < -0.4 is 4.74 Å². The van der Waals surface area contributed by atoms with E-state index in [0.717, 1.165) is 31.4 Å². The van der Waals surface area contributed by atoms with Crippen LogP contribution in [-0.4, -0.2) is 16.6 Å². The summed E-state index contributed by atoms with van der Waals surface area (Å²) >= 11 is 0. The van der Waals surface area contributed by atoms with Gasteiger partial charge in [0.15, 0.2) is 5.75 Å². The number of nitro benzene ring substituents is 1. The maximum absolute atomic E-state index is 11.2. The monoisotopic (exact) mass is 611 g/mol. The number of rotatable bonds is 21. The molecule has 0 heterocycles. The number of unbranched alkanes of at least 4 members (excludes halogenated alkanes) is 15. The fraction of sp³-hybridized carbons (Fsp3) is 0.500. The molecule has 9 heteroatoms. The Labute approximate surface area is 266 Å². The van der Waals surface area contributed by atoms with Gasteiger partial charge in [0.1, 0.15) is 29.3 Å². The van der Waals surface area contributed by atoms with E-state index in [1.165, 1.54) is 89.5 Å². The van der Waals surface area contributed by atoms with Gasteiger partial charge in [-0.25, -0.2) is 0 Å². The minimum atomic E-state index is -0.666. The zero-order valence-electron chi connectivity index (χ0n) is 26.5. The van der Waals surface area contributed by atoms with E-state index < -0.39 is 4.92 Å². The van der Waals surface area contributed by atoms with Crippen molar-refractivity contribution in [1.82, 2.24) is 0 Å². The third-order valence-electron chi connectivity index (χ3n) is 8.01. The molecule has 9 nitrogen and oxygen atoms in total. The molecular weight excluding hydrogens is 566 g/mol. The molecule has 0 saturated heterocycles. The highest BCUT2D eigenvalue weighted by atomic mass is 16.6. The van der Waals surface area contributed by atoms with Crippen molar-refractivity contribution in [3.05, 3.63) is 63.7 Å². The summed E-state index contributed by atoms with van der Waals surface area (Å²) in [6.07, 6.45) is 20.5. The van der Waals surface area contributed by atoms with E-state index >= 15 is 0 Å². The number of phenols is 1. The minimum Gasteiger partial charge on any atom is -0.507 e. The Morgan fingerprint density at radius 1 is 0.733 bits per heavy atom. The first-order valence-electron chi connectivity index (χ1n) is 16.4. The molecule has 0 radical (unpaired) electrons. The molecule has 0 bridgehead atoms. The highest BCUT2D eigenvalue weighted by Gasteiger charge is 2.18. The summed E-state index contributed by atoms with van der Waals surface area (Å²) in [7, 11) is 0. The molecule has 0 amide bonds. The van der Waals surface area contributed by atoms with Crippen LogP contribution in [-0.2, 0) is 0 Å². The highest BCUT2D eigenvalue weighted by molar-refractivity contribution is 5.99. The average Bonchev–Trinajstić information content (AvgIpc) is 3.05. The molecule has 45 heavy (non-hydrogen) atoms. The first kappa shape index (κ1) is 35.0. The van der Waals surface area contributed by atoms with Gasteiger partial charge in [0, 0.05) is 29.0 Å². The maximum Gasteiger partial charge on any atom is 0.272 e. The van der Waals surface area contributed by atoms with Crippen LogP contribution in [0.1, 0.15) is 121 Å². The number of ether oxygens (including phenoxy) is 1. The summed E-state index contributed by atoms with van der Waals surface area (Å²) in [6, 6.07) is 14.5. The molecule has 0 aliphatic rings. The normalized spacial score (nSPS) is 11.1. The fourth-order valence-electron chi connectivity index (χ4n) is 5.46. The van der Waals surface area contributed by atoms with Crippen molar-refractivity contribution < 1.29 is 14.8 Å². The number of nitro groups is 1. The summed E-state index contributed by atoms with van der Waals surface area (Å²) < 4.78 is 6.06. The fourth-order valence-corrected chi connectivity index (χ4v) is 5.46. The second-order valence-electron chi connectivity index (χ2n) is 11.5. The molecule has 0 fully saturated rings. The quantitative estimate of drug-likeness (QED) is 0.0548. The topological polar surface area (TPSA) is 145 Å². The second kappa shape index (κ2) is 19.7. The predicted molar refractivity (Wildman–Crippen MR) is 177 cm³/mol. The lowest BCUT2D eigenvalue weighted by Gasteiger charge is -2.12. The van der Waals surface area contributed by atoms with Crippen molar-refractivity contribution in [2.75, 3.05) is 6.61 Å². The second-order valence-corrected chi connectivity index (χ2v) is 11.5. The number of fused-ring (bicyclic) bond motifs is 1. The number of non-ortho nitro benzene ring substituents is 1. The van der Waals surface area contributed by atoms with Gasteiger partial charge in [-0.1, -0.05) is 128 Å². The Hall–Kier alpha value is -4.50. The van der Waals surface area contributed by atoms with Crippen LogP contribution >= 0.6 is 0 Å². The van der Waals surface area contributed by atoms with Gasteiger partial charge in [-0.3, -0.25) is 10.1 Å². The Kier molecular flexibility index (Phi) is 15.3. The van der Waals surface area contributed by atoms with Gasteiger partial charge in [0.25, 0.3) is 5.69 Å². The minimum absolute atomic E-state index is 0.0392. The smallest absolute Gasteiger partial charge is 0.272 e. The lowest BCUT2D eigenvalue weighted by Crippen LogP contribution is -1.98. The van der Waals surface area contributed by atoms with Gasteiger partial charge in [0.05, 0.1) is 22.7 Å². The average molecular weight is 612 g/mol. The summed E-state index contributed by atoms with van der Waals surface area (Å²) in [5.74, 6) is 0.368. The molecule has 0 saturated carbocycles. The van der Waals surface area contributed by atoms with E-state index in [1.807, 2.05) is 12.1 Å². The van der Waals surface area contributed by atoms with Crippen LogP contribution in [0.15, 0.2) is 52.7 Å². The van der Waals surface area contributed by atoms with Gasteiger partial charge in [-0.2, -0.15) is 10.5 Å². The summed E-state index contributed by atoms with van der Waals surface area (Å²) in [4.78, 5) is 10.6. The van der Waals surface area contributed by atoms with Crippen molar-refractivity contribution in [2.24, 2.45) is 10.2 Å². The van der Waals surface area contributed by atoms with Crippen molar-refractivity contribution >= 4 is 27.8 Å². The Balaban J connectivity index is 1.51. The van der Waals surface area contributed by atoms with Crippen LogP contribution in [0.25, 0.3) is 10.8 Å². The van der Waals surface area contributed by atoms with Gasteiger partial charge >= 0.3 is 0 Å². The Bertz CT molecular complexity index is 1470. The summed E-state index contributed by atoms with van der Waals surface area (Å²) in [6.45, 7) is 2.69. The first-order valence-corrected chi connectivity index (χ1v) is 16.4. The molecule has 238 valence electrons. The van der Waals surface area contributed by atoms with Crippen LogP contribution in [0.2, 0.25) is 0 Å². The largest absolute Gasteiger partial charge is 0.507 e. The van der Waals surface area contributed by atoms with E-state index in [4.69, 9.17) is 4.74 Å². The SMILES string of the molecule is CCCCCCCCCCCCCCCCCCOc1cc(O)c2ccccc2c1N=Nc1c(C#N)cc([N+](=O)[O-])cc1C#N. The van der Waals surface area contributed by atoms with Gasteiger partial charge < -0.3 is 9.84 Å². The number of hydrogen-bond donors (Lipinski definition) is 1. The first-order chi connectivity index (χ1) is 22.0. The van der Waals surface area contributed by atoms with Gasteiger partial charge in [-0.15, -0.1) is 10.2 Å². The van der Waals surface area contributed by atoms with Crippen LogP contribution in [0, 0.1) is 32.8 Å². The number of nitriles is 2. The van der Waals surface area contributed by atoms with Crippen molar-refractivity contribution in [2.45, 2.75) is 110 Å². The molecule has 3 aromatic rings. The molecule has 0 spiro atoms. The van der Waals surface area contributed by atoms with E-state index in [2.05, 4.69) is 17.2 Å². The van der Waals surface area contributed by atoms with Crippen LogP contribution in [0.4, 0.5) is 17.1 Å². The molecule has 0 unspecified atom stereocenters. The van der Waals surface area contributed by atoms with Gasteiger partial charge in [-0.05, 0) is 6.42 Å². The molecule has 0 aliphatic carbocycles. The van der Waals surface area contributed by atoms with E-state index in [0.29, 0.717) is 28.8 Å². The number of hydrogen-bond acceptors (Lipinski definition) is 8. The summed E-state index contributed by atoms with van der Waals surface area (Å²) in [5.41, 5.74) is -0.371. The van der Waals surface area contributed by atoms with Crippen LogP contribution in [0.3, 0.4) is 0 Å². The number of phenolic OH excluding ortho intramolecular Hbond substituents is 1. The standard InChI is InChI=1S/C36H45N5O4/c1-2-3-4-5-6-7-8-9-10-11-12-13-14-15-16-19-22-45-34-25-33(42)31-20-17-18-21-32(31)36(34)40-39-35-28(26-37)23-30(41(43)44)24-29(35)27-38/h17-18,20-21,23-25,42H,2-16,19,22H2,1H3. The molecule has 3 rings (SSSR count). The third kappa shape index (κ3) is 11.2. The third-order valence-corrected chi connectivity index (χ3v) is 8.01. The number of azo groups is 1. The molecule has 1 N–H and O–H groups in total. The molecule has 0 aliphatic heterocycles. The predicted octanol–water partition coefficient (Wildman–Crippen LogP) is 11.3. The number of nitrogens with zero attached hydrogens (tertiary/aromatic N) is 5. The van der Waals surface area contributed by atoms with E-state index in [9.17, 15) is 25.7 Å². The summed E-state index contributed by atoms with van der Waals surface area (Å²) in [5, 5.41) is 50.7. The Morgan fingerprint density at radius 3 is 1.69 bits per heavy atom. The zero-order chi connectivity index (χ0) is 32.3. The van der Waals surface area contributed by atoms with Crippen molar-refractivity contribution in [3.63, 3.8) is 0 Å². The molecule has 0 atom stereocenters. The molecule has 0 aromatic heterocycles. The lowest BCUT2D eigenvalue weighted by atomic mass is 10.0. The number of benzene rings is 3. The van der Waals surface area contributed by atoms with Crippen molar-refractivity contribution in [1.29, 1.82) is 10.5 Å². The maximum atomic E-state index is 11.2. The Morgan fingerprint density at radius 2 is 1.20 bits per heavy atom. The lowest BCUT2D eigenvalue weighted by molar-refractivity contribution is -0.384. The van der Waals surface area contributed by atoms with Crippen LogP contribution in [0.5, 0.6) is 11.5 Å². The molecular formula is C36H45N5O4. The van der Waals surface area contributed by atoms with E-state index in [1.54, 1.807) is 24.3 Å². The highest BCUT2D eigenvalue weighted by Crippen LogP contribution is 2.42. The van der Waals surface area contributed by atoms with Crippen molar-refractivity contribution in [3.8, 4) is 23.6 Å².